The lowest BCUT2D eigenvalue weighted by molar-refractivity contribution is -0.138. The molecule has 2 atom stereocenters. The number of nitrogens with zero attached hydrogens (tertiary/aromatic N) is 1. The van der Waals surface area contributed by atoms with Gasteiger partial charge in [-0.3, -0.25) is 0 Å². The zero-order valence-corrected chi connectivity index (χ0v) is 12.3. The van der Waals surface area contributed by atoms with E-state index in [1.54, 1.807) is 19.1 Å². The van der Waals surface area contributed by atoms with Crippen molar-refractivity contribution in [3.63, 3.8) is 0 Å². The standard InChI is InChI=1S/C15H21F3N2O/c1-10(19)7-12-3-4-13(8-14(12)15(16,17)18)20-5-6-21-9-11(20)2/h3-4,8,10-11H,5-7,9,19H2,1-2H3. The van der Waals surface area contributed by atoms with Crippen molar-refractivity contribution in [2.24, 2.45) is 5.73 Å². The summed E-state index contributed by atoms with van der Waals surface area (Å²) in [5, 5.41) is 0. The van der Waals surface area contributed by atoms with Crippen LogP contribution in [0.15, 0.2) is 18.2 Å². The van der Waals surface area contributed by atoms with Gasteiger partial charge < -0.3 is 15.4 Å². The van der Waals surface area contributed by atoms with Crippen LogP contribution in [0.3, 0.4) is 0 Å². The van der Waals surface area contributed by atoms with E-state index in [0.717, 1.165) is 0 Å². The minimum Gasteiger partial charge on any atom is -0.377 e. The van der Waals surface area contributed by atoms with Gasteiger partial charge in [-0.2, -0.15) is 13.2 Å². The molecule has 0 amide bonds. The molecule has 1 saturated heterocycles. The molecule has 1 fully saturated rings. The van der Waals surface area contributed by atoms with E-state index < -0.39 is 11.7 Å². The van der Waals surface area contributed by atoms with Gasteiger partial charge in [0.05, 0.1) is 18.8 Å². The van der Waals surface area contributed by atoms with Gasteiger partial charge in [0.2, 0.25) is 0 Å². The number of ether oxygens (including phenoxy) is 1. The predicted molar refractivity (Wildman–Crippen MR) is 76.4 cm³/mol. The molecule has 0 radical (unpaired) electrons. The quantitative estimate of drug-likeness (QED) is 0.933. The van der Waals surface area contributed by atoms with Gasteiger partial charge >= 0.3 is 6.18 Å². The number of halogens is 3. The third kappa shape index (κ3) is 3.89. The summed E-state index contributed by atoms with van der Waals surface area (Å²) in [5.74, 6) is 0. The molecule has 21 heavy (non-hydrogen) atoms. The van der Waals surface area contributed by atoms with E-state index in [-0.39, 0.29) is 24.1 Å². The van der Waals surface area contributed by atoms with Gasteiger partial charge in [-0.25, -0.2) is 0 Å². The zero-order chi connectivity index (χ0) is 15.6. The van der Waals surface area contributed by atoms with Crippen molar-refractivity contribution in [3.8, 4) is 0 Å². The Hall–Kier alpha value is -1.27. The van der Waals surface area contributed by atoms with E-state index >= 15 is 0 Å². The normalized spacial score (nSPS) is 21.4. The number of benzene rings is 1. The molecule has 1 aliphatic heterocycles. The molecule has 0 aliphatic carbocycles. The molecule has 2 unspecified atom stereocenters. The highest BCUT2D eigenvalue weighted by atomic mass is 19.4. The minimum atomic E-state index is -4.37. The first-order valence-electron chi connectivity index (χ1n) is 7.09. The Balaban J connectivity index is 2.36. The lowest BCUT2D eigenvalue weighted by Crippen LogP contribution is -2.43. The second-order valence-corrected chi connectivity index (χ2v) is 5.64. The fraction of sp³-hybridized carbons (Fsp3) is 0.600. The van der Waals surface area contributed by atoms with Crippen LogP contribution in [0.1, 0.15) is 25.0 Å². The topological polar surface area (TPSA) is 38.5 Å². The van der Waals surface area contributed by atoms with Crippen LogP contribution in [0.4, 0.5) is 18.9 Å². The van der Waals surface area contributed by atoms with E-state index in [2.05, 4.69) is 0 Å². The molecule has 0 bridgehead atoms. The van der Waals surface area contributed by atoms with Crippen molar-refractivity contribution in [1.82, 2.24) is 0 Å². The first-order chi connectivity index (χ1) is 9.79. The van der Waals surface area contributed by atoms with E-state index in [1.807, 2.05) is 11.8 Å². The van der Waals surface area contributed by atoms with Gasteiger partial charge in [-0.15, -0.1) is 0 Å². The predicted octanol–water partition coefficient (Wildman–Crippen LogP) is 2.82. The van der Waals surface area contributed by atoms with Crippen LogP contribution in [-0.4, -0.2) is 31.8 Å². The summed E-state index contributed by atoms with van der Waals surface area (Å²) in [6.07, 6.45) is -4.15. The summed E-state index contributed by atoms with van der Waals surface area (Å²) < 4.78 is 45.1. The van der Waals surface area contributed by atoms with Crippen LogP contribution in [-0.2, 0) is 17.3 Å². The van der Waals surface area contributed by atoms with Crippen LogP contribution in [0.5, 0.6) is 0 Å². The Labute approximate surface area is 122 Å². The highest BCUT2D eigenvalue weighted by Gasteiger charge is 2.34. The zero-order valence-electron chi connectivity index (χ0n) is 12.3. The summed E-state index contributed by atoms with van der Waals surface area (Å²) in [4.78, 5) is 1.95. The van der Waals surface area contributed by atoms with Crippen molar-refractivity contribution >= 4 is 5.69 Å². The van der Waals surface area contributed by atoms with Crippen molar-refractivity contribution < 1.29 is 17.9 Å². The summed E-state index contributed by atoms with van der Waals surface area (Å²) in [6, 6.07) is 4.29. The minimum absolute atomic E-state index is 0.0686. The fourth-order valence-corrected chi connectivity index (χ4v) is 2.64. The Morgan fingerprint density at radius 1 is 1.43 bits per heavy atom. The molecular formula is C15H21F3N2O. The largest absolute Gasteiger partial charge is 0.416 e. The number of rotatable bonds is 3. The second kappa shape index (κ2) is 6.23. The lowest BCUT2D eigenvalue weighted by Gasteiger charge is -2.35. The molecule has 1 aromatic rings. The molecule has 1 heterocycles. The fourth-order valence-electron chi connectivity index (χ4n) is 2.64. The summed E-state index contributed by atoms with van der Waals surface area (Å²) in [7, 11) is 0. The molecule has 0 aromatic heterocycles. The SMILES string of the molecule is CC(N)Cc1ccc(N2CCOCC2C)cc1C(F)(F)F. The molecule has 118 valence electrons. The summed E-state index contributed by atoms with van der Waals surface area (Å²) >= 11 is 0. The maximum atomic E-state index is 13.3. The number of morpholine rings is 1. The lowest BCUT2D eigenvalue weighted by atomic mass is 9.99. The van der Waals surface area contributed by atoms with Gasteiger partial charge in [0.25, 0.3) is 0 Å². The summed E-state index contributed by atoms with van der Waals surface area (Å²) in [5.41, 5.74) is 5.90. The van der Waals surface area contributed by atoms with Gasteiger partial charge in [0.1, 0.15) is 0 Å². The van der Waals surface area contributed by atoms with Crippen molar-refractivity contribution in [1.29, 1.82) is 0 Å². The van der Waals surface area contributed by atoms with Crippen LogP contribution < -0.4 is 10.6 Å². The average molecular weight is 302 g/mol. The van der Waals surface area contributed by atoms with Crippen LogP contribution in [0, 0.1) is 0 Å². The van der Waals surface area contributed by atoms with Crippen molar-refractivity contribution in [2.45, 2.75) is 38.5 Å². The smallest absolute Gasteiger partial charge is 0.377 e. The third-order valence-electron chi connectivity index (χ3n) is 3.64. The first kappa shape index (κ1) is 16.1. The average Bonchev–Trinajstić information content (AvgIpc) is 2.38. The number of alkyl halides is 3. The second-order valence-electron chi connectivity index (χ2n) is 5.64. The monoisotopic (exact) mass is 302 g/mol. The van der Waals surface area contributed by atoms with E-state index in [9.17, 15) is 13.2 Å². The van der Waals surface area contributed by atoms with Gasteiger partial charge in [-0.1, -0.05) is 6.07 Å². The van der Waals surface area contributed by atoms with Crippen LogP contribution in [0.2, 0.25) is 0 Å². The van der Waals surface area contributed by atoms with E-state index in [1.165, 1.54) is 6.07 Å². The van der Waals surface area contributed by atoms with Gasteiger partial charge in [0.15, 0.2) is 0 Å². The molecule has 6 heteroatoms. The maximum absolute atomic E-state index is 13.3. The van der Waals surface area contributed by atoms with E-state index in [0.29, 0.717) is 25.4 Å². The van der Waals surface area contributed by atoms with Crippen LogP contribution in [0.25, 0.3) is 0 Å². The molecule has 1 aromatic carbocycles. The van der Waals surface area contributed by atoms with Gasteiger partial charge in [0, 0.05) is 24.3 Å². The molecule has 1 aliphatic rings. The molecule has 0 spiro atoms. The Kier molecular flexibility index (Phi) is 4.78. The maximum Gasteiger partial charge on any atom is 0.416 e. The molecular weight excluding hydrogens is 281 g/mol. The van der Waals surface area contributed by atoms with Gasteiger partial charge in [-0.05, 0) is 38.0 Å². The van der Waals surface area contributed by atoms with Crippen LogP contribution >= 0.6 is 0 Å². The molecule has 3 nitrogen and oxygen atoms in total. The molecule has 0 saturated carbocycles. The first-order valence-corrected chi connectivity index (χ1v) is 7.09. The van der Waals surface area contributed by atoms with E-state index in [4.69, 9.17) is 10.5 Å². The number of hydrogen-bond donors (Lipinski definition) is 1. The highest BCUT2D eigenvalue weighted by molar-refractivity contribution is 5.53. The molecule has 2 rings (SSSR count). The highest BCUT2D eigenvalue weighted by Crippen LogP contribution is 2.35. The summed E-state index contributed by atoms with van der Waals surface area (Å²) in [6.45, 7) is 5.32. The van der Waals surface area contributed by atoms with Crippen molar-refractivity contribution in [2.75, 3.05) is 24.7 Å². The third-order valence-corrected chi connectivity index (χ3v) is 3.64. The number of nitrogens with two attached hydrogens (primary N) is 1. The molecule has 2 N–H and O–H groups in total. The Bertz CT molecular complexity index is 488. The number of anilines is 1. The Morgan fingerprint density at radius 2 is 2.14 bits per heavy atom. The number of hydrogen-bond acceptors (Lipinski definition) is 3. The van der Waals surface area contributed by atoms with Crippen molar-refractivity contribution in [3.05, 3.63) is 29.3 Å². The Morgan fingerprint density at radius 3 is 2.71 bits per heavy atom.